The molecule has 0 aliphatic rings. The zero-order chi connectivity index (χ0) is 19.7. The van der Waals surface area contributed by atoms with E-state index in [0.717, 1.165) is 17.5 Å². The molecule has 2 unspecified atom stereocenters. The van der Waals surface area contributed by atoms with Crippen molar-refractivity contribution in [3.05, 3.63) is 114 Å². The van der Waals surface area contributed by atoms with Crippen LogP contribution in [0, 0.1) is 11.8 Å². The Balaban J connectivity index is 1.86. The minimum Gasteiger partial charge on any atom is -0.372 e. The third-order valence-electron chi connectivity index (χ3n) is 4.58. The van der Waals surface area contributed by atoms with Crippen molar-refractivity contribution in [2.45, 2.75) is 17.9 Å². The predicted molar refractivity (Wildman–Crippen MR) is 118 cm³/mol. The molecule has 0 spiro atoms. The first-order chi connectivity index (χ1) is 13.7. The maximum absolute atomic E-state index is 11.0. The van der Waals surface area contributed by atoms with Crippen molar-refractivity contribution in [3.8, 4) is 11.8 Å². The van der Waals surface area contributed by atoms with Gasteiger partial charge in [-0.3, -0.25) is 0 Å². The zero-order valence-corrected chi connectivity index (χ0v) is 16.4. The fraction of sp³-hybridized carbons (Fsp3) is 0.154. The number of rotatable bonds is 6. The first-order valence-electron chi connectivity index (χ1n) is 9.34. The smallest absolute Gasteiger partial charge is 0.164 e. The molecule has 0 heterocycles. The van der Waals surface area contributed by atoms with E-state index in [1.807, 2.05) is 66.7 Å². The van der Waals surface area contributed by atoms with Crippen LogP contribution in [0.4, 0.5) is 0 Å². The van der Waals surface area contributed by atoms with E-state index in [4.69, 9.17) is 11.6 Å². The Kier molecular flexibility index (Phi) is 7.09. The highest BCUT2D eigenvalue weighted by molar-refractivity contribution is 6.18. The highest BCUT2D eigenvalue weighted by Crippen LogP contribution is 2.25. The summed E-state index contributed by atoms with van der Waals surface area (Å²) in [6.07, 6.45) is 4.98. The maximum atomic E-state index is 11.0. The van der Waals surface area contributed by atoms with Gasteiger partial charge in [-0.1, -0.05) is 115 Å². The topological polar surface area (TPSA) is 20.2 Å². The number of benzene rings is 3. The van der Waals surface area contributed by atoms with Gasteiger partial charge in [-0.05, 0) is 23.1 Å². The van der Waals surface area contributed by atoms with Crippen LogP contribution in [0.25, 0.3) is 6.08 Å². The zero-order valence-electron chi connectivity index (χ0n) is 15.6. The van der Waals surface area contributed by atoms with Crippen molar-refractivity contribution in [2.75, 3.05) is 5.88 Å². The molecule has 28 heavy (non-hydrogen) atoms. The van der Waals surface area contributed by atoms with Crippen LogP contribution in [-0.2, 0) is 5.60 Å². The van der Waals surface area contributed by atoms with Crippen molar-refractivity contribution in [1.82, 2.24) is 0 Å². The Labute approximate surface area is 172 Å². The second-order valence-corrected chi connectivity index (χ2v) is 6.91. The Bertz CT molecular complexity index is 939. The summed E-state index contributed by atoms with van der Waals surface area (Å²) in [7, 11) is 0. The molecule has 0 radical (unpaired) electrons. The van der Waals surface area contributed by atoms with Gasteiger partial charge in [-0.25, -0.2) is 0 Å². The quantitative estimate of drug-likeness (QED) is 0.406. The number of hydrogen-bond acceptors (Lipinski definition) is 1. The summed E-state index contributed by atoms with van der Waals surface area (Å²) < 4.78 is 0. The van der Waals surface area contributed by atoms with E-state index in [1.54, 1.807) is 0 Å². The van der Waals surface area contributed by atoms with Gasteiger partial charge in [-0.2, -0.15) is 0 Å². The van der Waals surface area contributed by atoms with E-state index in [0.29, 0.717) is 5.56 Å². The van der Waals surface area contributed by atoms with Crippen LogP contribution in [0.1, 0.15) is 29.0 Å². The molecule has 2 heteroatoms. The lowest BCUT2D eigenvalue weighted by atomic mass is 9.92. The molecule has 3 aromatic carbocycles. The largest absolute Gasteiger partial charge is 0.372 e. The van der Waals surface area contributed by atoms with Crippen LogP contribution >= 0.6 is 11.6 Å². The first-order valence-corrected chi connectivity index (χ1v) is 9.88. The van der Waals surface area contributed by atoms with Crippen LogP contribution < -0.4 is 0 Å². The average Bonchev–Trinajstić information content (AvgIpc) is 2.78. The maximum Gasteiger partial charge on any atom is 0.164 e. The fourth-order valence-corrected chi connectivity index (χ4v) is 3.19. The summed E-state index contributed by atoms with van der Waals surface area (Å²) in [5.74, 6) is 6.32. The molecule has 0 aromatic heterocycles. The van der Waals surface area contributed by atoms with Crippen molar-refractivity contribution < 1.29 is 5.11 Å². The van der Waals surface area contributed by atoms with Gasteiger partial charge in [0.15, 0.2) is 5.60 Å². The summed E-state index contributed by atoms with van der Waals surface area (Å²) in [4.78, 5) is 0. The van der Waals surface area contributed by atoms with Crippen molar-refractivity contribution in [3.63, 3.8) is 0 Å². The second kappa shape index (κ2) is 9.95. The van der Waals surface area contributed by atoms with E-state index in [9.17, 15) is 5.11 Å². The van der Waals surface area contributed by atoms with Crippen LogP contribution in [-0.4, -0.2) is 11.0 Å². The minimum absolute atomic E-state index is 0.0192. The molecule has 3 rings (SSSR count). The monoisotopic (exact) mass is 386 g/mol. The van der Waals surface area contributed by atoms with Crippen molar-refractivity contribution >= 4 is 17.7 Å². The van der Waals surface area contributed by atoms with Gasteiger partial charge in [0, 0.05) is 5.92 Å². The van der Waals surface area contributed by atoms with Gasteiger partial charge in [0.2, 0.25) is 0 Å². The molecule has 140 valence electrons. The van der Waals surface area contributed by atoms with E-state index in [1.165, 1.54) is 0 Å². The van der Waals surface area contributed by atoms with Crippen molar-refractivity contribution in [1.29, 1.82) is 0 Å². The summed E-state index contributed by atoms with van der Waals surface area (Å²) in [6.45, 7) is 0. The molecular weight excluding hydrogens is 364 g/mol. The molecule has 0 bridgehead atoms. The van der Waals surface area contributed by atoms with Gasteiger partial charge in [0.05, 0.1) is 5.88 Å². The molecule has 0 aliphatic carbocycles. The van der Waals surface area contributed by atoms with Gasteiger partial charge in [-0.15, -0.1) is 11.6 Å². The Morgan fingerprint density at radius 2 is 1.43 bits per heavy atom. The van der Waals surface area contributed by atoms with Crippen molar-refractivity contribution in [2.24, 2.45) is 0 Å². The lowest BCUT2D eigenvalue weighted by Gasteiger charge is -2.20. The van der Waals surface area contributed by atoms with Crippen LogP contribution in [0.5, 0.6) is 0 Å². The Hall–Kier alpha value is -2.79. The summed E-state index contributed by atoms with van der Waals surface area (Å²) >= 11 is 6.09. The highest BCUT2D eigenvalue weighted by Gasteiger charge is 2.25. The molecule has 0 saturated carbocycles. The molecule has 1 nitrogen and oxygen atoms in total. The van der Waals surface area contributed by atoms with E-state index in [-0.39, 0.29) is 11.8 Å². The van der Waals surface area contributed by atoms with Crippen LogP contribution in [0.15, 0.2) is 97.1 Å². The van der Waals surface area contributed by atoms with E-state index in [2.05, 4.69) is 48.3 Å². The summed E-state index contributed by atoms with van der Waals surface area (Å²) in [6, 6.07) is 29.7. The Morgan fingerprint density at radius 1 is 0.857 bits per heavy atom. The number of alkyl halides is 1. The lowest BCUT2D eigenvalue weighted by Crippen LogP contribution is -2.25. The molecule has 1 N–H and O–H groups in total. The summed E-state index contributed by atoms with van der Waals surface area (Å²) in [5.41, 5.74) is 1.63. The molecule has 0 amide bonds. The normalized spacial score (nSPS) is 14.1. The first kappa shape index (κ1) is 20.0. The minimum atomic E-state index is -1.36. The van der Waals surface area contributed by atoms with E-state index >= 15 is 0 Å². The highest BCUT2D eigenvalue weighted by atomic mass is 35.5. The Morgan fingerprint density at radius 3 is 2.04 bits per heavy atom. The molecular formula is C26H23ClO. The summed E-state index contributed by atoms with van der Waals surface area (Å²) in [5, 5.41) is 11.0. The fourth-order valence-electron chi connectivity index (χ4n) is 2.97. The third-order valence-corrected chi connectivity index (χ3v) is 4.97. The van der Waals surface area contributed by atoms with Crippen LogP contribution in [0.2, 0.25) is 0 Å². The van der Waals surface area contributed by atoms with Gasteiger partial charge in [0.25, 0.3) is 0 Å². The average molecular weight is 387 g/mol. The lowest BCUT2D eigenvalue weighted by molar-refractivity contribution is 0.125. The third kappa shape index (κ3) is 5.36. The molecule has 0 aliphatic heterocycles. The number of allylic oxidation sites excluding steroid dienone is 1. The van der Waals surface area contributed by atoms with Crippen LogP contribution in [0.3, 0.4) is 0 Å². The second-order valence-electron chi connectivity index (χ2n) is 6.64. The van der Waals surface area contributed by atoms with Gasteiger partial charge in [0.1, 0.15) is 0 Å². The SMILES string of the molecule is OC(C#CC(C/C=C/c1ccccc1)c1ccccc1)(CCl)c1ccccc1. The standard InChI is InChI=1S/C26H23ClO/c27-21-26(28,25-17-8-3-9-18-25)20-19-24(23-14-6-2-7-15-23)16-10-13-22-11-4-1-5-12-22/h1-15,17-18,24,28H,16,21H2/b13-10+. The predicted octanol–water partition coefficient (Wildman–Crippen LogP) is 6.00. The van der Waals surface area contributed by atoms with E-state index < -0.39 is 5.60 Å². The number of hydrogen-bond donors (Lipinski definition) is 1. The molecule has 0 saturated heterocycles. The molecule has 2 atom stereocenters. The molecule has 3 aromatic rings. The van der Waals surface area contributed by atoms with Gasteiger partial charge >= 0.3 is 0 Å². The molecule has 0 fully saturated rings. The number of aliphatic hydroxyl groups is 1. The number of halogens is 1. The van der Waals surface area contributed by atoms with Gasteiger partial charge < -0.3 is 5.11 Å².